The summed E-state index contributed by atoms with van der Waals surface area (Å²) in [5.74, 6) is -3.06. The molecule has 0 radical (unpaired) electrons. The fourth-order valence-corrected chi connectivity index (χ4v) is 4.01. The Bertz CT molecular complexity index is 403. The molecule has 8 heteroatoms. The van der Waals surface area contributed by atoms with Gasteiger partial charge in [0.25, 0.3) is 0 Å². The van der Waals surface area contributed by atoms with Crippen LogP contribution in [0.5, 0.6) is 0 Å². The van der Waals surface area contributed by atoms with Crippen LogP contribution >= 0.6 is 7.37 Å². The standard InChI is InChI=1S/C13H23O7P/c14-12(15)4-3-10(13(16)17)5-8-21(18,19)9-6-11-2-1-7-20-11/h10-11H,1-9H2,(H,14,15)(H,16,17)(H,18,19). The Morgan fingerprint density at radius 2 is 1.95 bits per heavy atom. The van der Waals surface area contributed by atoms with Crippen LogP contribution in [-0.4, -0.2) is 52.1 Å². The second-order valence-electron chi connectivity index (χ2n) is 5.47. The summed E-state index contributed by atoms with van der Waals surface area (Å²) in [4.78, 5) is 31.4. The molecule has 122 valence electrons. The van der Waals surface area contributed by atoms with Gasteiger partial charge in [-0.3, -0.25) is 14.2 Å². The summed E-state index contributed by atoms with van der Waals surface area (Å²) in [6.45, 7) is 0.691. The highest BCUT2D eigenvalue weighted by Crippen LogP contribution is 2.43. The lowest BCUT2D eigenvalue weighted by Crippen LogP contribution is -2.17. The molecule has 0 spiro atoms. The summed E-state index contributed by atoms with van der Waals surface area (Å²) < 4.78 is 17.4. The van der Waals surface area contributed by atoms with Gasteiger partial charge in [0.05, 0.1) is 12.0 Å². The zero-order chi connectivity index (χ0) is 15.9. The van der Waals surface area contributed by atoms with Crippen molar-refractivity contribution in [3.63, 3.8) is 0 Å². The molecule has 1 fully saturated rings. The Morgan fingerprint density at radius 3 is 2.48 bits per heavy atom. The van der Waals surface area contributed by atoms with Crippen LogP contribution in [0.15, 0.2) is 0 Å². The van der Waals surface area contributed by atoms with E-state index in [-0.39, 0.29) is 37.7 Å². The summed E-state index contributed by atoms with van der Waals surface area (Å²) in [6, 6.07) is 0. The molecule has 0 saturated carbocycles. The van der Waals surface area contributed by atoms with E-state index < -0.39 is 25.2 Å². The number of hydrogen-bond acceptors (Lipinski definition) is 4. The number of carbonyl (C=O) groups is 2. The molecular weight excluding hydrogens is 299 g/mol. The second kappa shape index (κ2) is 8.51. The van der Waals surface area contributed by atoms with Gasteiger partial charge in [0.1, 0.15) is 0 Å². The first-order valence-corrected chi connectivity index (χ1v) is 9.20. The number of hydrogen-bond donors (Lipinski definition) is 3. The van der Waals surface area contributed by atoms with Gasteiger partial charge in [0.15, 0.2) is 0 Å². The zero-order valence-corrected chi connectivity index (χ0v) is 12.8. The molecule has 0 aromatic heterocycles. The van der Waals surface area contributed by atoms with Crippen molar-refractivity contribution in [2.45, 2.75) is 44.6 Å². The Labute approximate surface area is 123 Å². The van der Waals surface area contributed by atoms with E-state index in [0.717, 1.165) is 12.8 Å². The predicted octanol–water partition coefficient (Wildman–Crippen LogP) is 1.78. The largest absolute Gasteiger partial charge is 0.481 e. The van der Waals surface area contributed by atoms with Gasteiger partial charge in [-0.2, -0.15) is 0 Å². The highest BCUT2D eigenvalue weighted by Gasteiger charge is 2.26. The van der Waals surface area contributed by atoms with E-state index in [1.165, 1.54) is 0 Å². The zero-order valence-electron chi connectivity index (χ0n) is 11.9. The lowest BCUT2D eigenvalue weighted by molar-refractivity contribution is -0.143. The van der Waals surface area contributed by atoms with Gasteiger partial charge < -0.3 is 19.8 Å². The SMILES string of the molecule is O=C(O)CCC(CCP(=O)(O)CCC1CCCO1)C(=O)O. The van der Waals surface area contributed by atoms with Crippen molar-refractivity contribution in [3.8, 4) is 0 Å². The van der Waals surface area contributed by atoms with Crippen LogP contribution in [0, 0.1) is 5.92 Å². The van der Waals surface area contributed by atoms with E-state index in [1.807, 2.05) is 0 Å². The maximum atomic E-state index is 12.0. The molecule has 0 aromatic rings. The minimum Gasteiger partial charge on any atom is -0.481 e. The minimum atomic E-state index is -3.38. The fourth-order valence-electron chi connectivity index (χ4n) is 2.38. The maximum Gasteiger partial charge on any atom is 0.306 e. The quantitative estimate of drug-likeness (QED) is 0.524. The summed E-state index contributed by atoms with van der Waals surface area (Å²) in [6.07, 6.45) is 2.22. The molecule has 0 aliphatic carbocycles. The monoisotopic (exact) mass is 322 g/mol. The first kappa shape index (κ1) is 18.1. The normalized spacial score (nSPS) is 22.6. The fraction of sp³-hybridized carbons (Fsp3) is 0.846. The Kier molecular flexibility index (Phi) is 7.35. The molecule has 1 heterocycles. The molecule has 1 saturated heterocycles. The Hall–Kier alpha value is -0.910. The van der Waals surface area contributed by atoms with Crippen LogP contribution in [0.3, 0.4) is 0 Å². The molecule has 3 unspecified atom stereocenters. The topological polar surface area (TPSA) is 121 Å². The minimum absolute atomic E-state index is 0.0175. The van der Waals surface area contributed by atoms with Crippen molar-refractivity contribution in [2.24, 2.45) is 5.92 Å². The Balaban J connectivity index is 2.35. The van der Waals surface area contributed by atoms with E-state index >= 15 is 0 Å². The van der Waals surface area contributed by atoms with Gasteiger partial charge in [-0.05, 0) is 32.1 Å². The average molecular weight is 322 g/mol. The van der Waals surface area contributed by atoms with Gasteiger partial charge >= 0.3 is 11.9 Å². The molecule has 7 nitrogen and oxygen atoms in total. The van der Waals surface area contributed by atoms with Crippen molar-refractivity contribution in [3.05, 3.63) is 0 Å². The van der Waals surface area contributed by atoms with E-state index in [2.05, 4.69) is 0 Å². The van der Waals surface area contributed by atoms with E-state index in [9.17, 15) is 19.0 Å². The van der Waals surface area contributed by atoms with Gasteiger partial charge in [-0.1, -0.05) is 0 Å². The van der Waals surface area contributed by atoms with E-state index in [0.29, 0.717) is 13.0 Å². The summed E-state index contributed by atoms with van der Waals surface area (Å²) in [5, 5.41) is 17.6. The van der Waals surface area contributed by atoms with Gasteiger partial charge in [-0.15, -0.1) is 0 Å². The van der Waals surface area contributed by atoms with Crippen molar-refractivity contribution in [2.75, 3.05) is 18.9 Å². The van der Waals surface area contributed by atoms with Gasteiger partial charge in [-0.25, -0.2) is 0 Å². The second-order valence-corrected chi connectivity index (χ2v) is 8.06. The summed E-state index contributed by atoms with van der Waals surface area (Å²) >= 11 is 0. The van der Waals surface area contributed by atoms with Crippen molar-refractivity contribution < 1.29 is 34.0 Å². The Morgan fingerprint density at radius 1 is 1.24 bits per heavy atom. The van der Waals surface area contributed by atoms with Crippen LogP contribution in [0.25, 0.3) is 0 Å². The molecular formula is C13H23O7P. The third-order valence-corrected chi connectivity index (χ3v) is 5.62. The van der Waals surface area contributed by atoms with Gasteiger partial charge in [0, 0.05) is 25.4 Å². The summed E-state index contributed by atoms with van der Waals surface area (Å²) in [5.41, 5.74) is 0. The number of aliphatic carboxylic acids is 2. The van der Waals surface area contributed by atoms with Crippen molar-refractivity contribution >= 4 is 19.3 Å². The smallest absolute Gasteiger partial charge is 0.306 e. The molecule has 0 bridgehead atoms. The van der Waals surface area contributed by atoms with Crippen molar-refractivity contribution in [1.82, 2.24) is 0 Å². The van der Waals surface area contributed by atoms with E-state index in [4.69, 9.17) is 14.9 Å². The van der Waals surface area contributed by atoms with Crippen LogP contribution in [0.4, 0.5) is 0 Å². The lowest BCUT2D eigenvalue weighted by atomic mass is 10.0. The first-order valence-electron chi connectivity index (χ1n) is 7.17. The molecule has 1 aliphatic heterocycles. The number of carboxylic acids is 2. The highest BCUT2D eigenvalue weighted by molar-refractivity contribution is 7.57. The van der Waals surface area contributed by atoms with Crippen LogP contribution in [0.2, 0.25) is 0 Å². The third-order valence-electron chi connectivity index (χ3n) is 3.71. The summed E-state index contributed by atoms with van der Waals surface area (Å²) in [7, 11) is -3.38. The first-order chi connectivity index (χ1) is 9.80. The highest BCUT2D eigenvalue weighted by atomic mass is 31.2. The number of carboxylic acid groups (broad SMARTS) is 2. The van der Waals surface area contributed by atoms with Crippen LogP contribution in [-0.2, 0) is 18.9 Å². The number of rotatable bonds is 10. The van der Waals surface area contributed by atoms with Crippen LogP contribution < -0.4 is 0 Å². The van der Waals surface area contributed by atoms with Crippen molar-refractivity contribution in [1.29, 1.82) is 0 Å². The van der Waals surface area contributed by atoms with E-state index in [1.54, 1.807) is 0 Å². The van der Waals surface area contributed by atoms with Crippen LogP contribution in [0.1, 0.15) is 38.5 Å². The molecule has 1 aliphatic rings. The molecule has 3 atom stereocenters. The molecule has 3 N–H and O–H groups in total. The average Bonchev–Trinajstić information content (AvgIpc) is 2.88. The molecule has 0 aromatic carbocycles. The third kappa shape index (κ3) is 7.60. The number of ether oxygens (including phenoxy) is 1. The predicted molar refractivity (Wildman–Crippen MR) is 75.8 cm³/mol. The van der Waals surface area contributed by atoms with Gasteiger partial charge in [0.2, 0.25) is 7.37 Å². The molecule has 1 rings (SSSR count). The molecule has 21 heavy (non-hydrogen) atoms. The maximum absolute atomic E-state index is 12.0. The molecule has 0 amide bonds. The lowest BCUT2D eigenvalue weighted by Gasteiger charge is -2.17.